The summed E-state index contributed by atoms with van der Waals surface area (Å²) in [5.41, 5.74) is 1.19. The topological polar surface area (TPSA) is 92.4 Å². The van der Waals surface area contributed by atoms with Crippen molar-refractivity contribution in [2.75, 3.05) is 18.1 Å². The van der Waals surface area contributed by atoms with Crippen molar-refractivity contribution in [3.05, 3.63) is 29.7 Å². The second kappa shape index (κ2) is 7.11. The lowest BCUT2D eigenvalue weighted by Gasteiger charge is -2.01. The lowest BCUT2D eigenvalue weighted by atomic mass is 10.3. The summed E-state index contributed by atoms with van der Waals surface area (Å²) in [7, 11) is 0. The number of carboxylic acid groups (broad SMARTS) is 1. The van der Waals surface area contributed by atoms with E-state index in [1.165, 1.54) is 23.1 Å². The highest BCUT2D eigenvalue weighted by molar-refractivity contribution is 7.99. The van der Waals surface area contributed by atoms with Crippen molar-refractivity contribution in [2.24, 2.45) is 0 Å². The average molecular weight is 312 g/mol. The van der Waals surface area contributed by atoms with E-state index in [2.05, 4.69) is 10.3 Å². The Bertz CT molecular complexity index is 580. The van der Waals surface area contributed by atoms with Gasteiger partial charge >= 0.3 is 5.97 Å². The maximum Gasteiger partial charge on any atom is 0.313 e. The van der Waals surface area contributed by atoms with Crippen LogP contribution in [-0.4, -0.2) is 40.0 Å². The normalized spacial score (nSPS) is 10.4. The van der Waals surface area contributed by atoms with E-state index in [9.17, 15) is 9.59 Å². The molecule has 0 aliphatic heterocycles. The minimum atomic E-state index is -0.856. The molecule has 0 saturated heterocycles. The van der Waals surface area contributed by atoms with Crippen molar-refractivity contribution in [1.82, 2.24) is 10.3 Å². The minimum Gasteiger partial charge on any atom is -0.481 e. The molecule has 2 aromatic rings. The summed E-state index contributed by atoms with van der Waals surface area (Å²) >= 11 is 2.63. The van der Waals surface area contributed by atoms with Crippen molar-refractivity contribution in [3.8, 4) is 10.6 Å². The first kappa shape index (κ1) is 14.6. The number of hydrogen-bond donors (Lipinski definition) is 2. The van der Waals surface area contributed by atoms with Gasteiger partial charge in [0.1, 0.15) is 17.0 Å². The number of thioether (sulfide) groups is 1. The fraction of sp³-hybridized carbons (Fsp3) is 0.250. The summed E-state index contributed by atoms with van der Waals surface area (Å²) in [4.78, 5) is 26.3. The van der Waals surface area contributed by atoms with E-state index < -0.39 is 5.97 Å². The Morgan fingerprint density at radius 1 is 1.50 bits per heavy atom. The number of nitrogens with one attached hydrogen (secondary N) is 1. The summed E-state index contributed by atoms with van der Waals surface area (Å²) in [6.07, 6.45) is 3.12. The number of aliphatic carboxylic acids is 1. The fourth-order valence-corrected chi connectivity index (χ4v) is 2.74. The van der Waals surface area contributed by atoms with Gasteiger partial charge in [-0.2, -0.15) is 0 Å². The molecule has 2 aromatic heterocycles. The lowest BCUT2D eigenvalue weighted by molar-refractivity contribution is -0.133. The molecule has 0 spiro atoms. The summed E-state index contributed by atoms with van der Waals surface area (Å²) in [5, 5.41) is 13.6. The number of rotatable bonds is 7. The van der Waals surface area contributed by atoms with Gasteiger partial charge in [-0.25, -0.2) is 4.98 Å². The van der Waals surface area contributed by atoms with Gasteiger partial charge in [-0.05, 0) is 6.07 Å². The minimum absolute atomic E-state index is 0.0389. The third kappa shape index (κ3) is 4.10. The molecule has 2 N–H and O–H groups in total. The number of furan rings is 1. The summed E-state index contributed by atoms with van der Waals surface area (Å²) in [6, 6.07) is 1.78. The SMILES string of the molecule is O=C(O)CSCCNC(=O)c1csc(-c2ccoc2)n1. The van der Waals surface area contributed by atoms with E-state index in [0.29, 0.717) is 18.0 Å². The molecule has 106 valence electrons. The molecule has 0 aromatic carbocycles. The van der Waals surface area contributed by atoms with Crippen molar-refractivity contribution in [1.29, 1.82) is 0 Å². The predicted octanol–water partition coefficient (Wildman–Crippen LogP) is 1.95. The maximum atomic E-state index is 11.8. The zero-order chi connectivity index (χ0) is 14.4. The Labute approximate surface area is 123 Å². The molecule has 0 atom stereocenters. The van der Waals surface area contributed by atoms with Crippen molar-refractivity contribution in [3.63, 3.8) is 0 Å². The second-order valence-electron chi connectivity index (χ2n) is 3.75. The standard InChI is InChI=1S/C12H12N2O4S2/c15-10(16)7-19-4-2-13-11(17)9-6-20-12(14-9)8-1-3-18-5-8/h1,3,5-6H,2,4,7H2,(H,13,17)(H,15,16). The number of carboxylic acids is 1. The van der Waals surface area contributed by atoms with Crippen LogP contribution in [0.25, 0.3) is 10.6 Å². The molecule has 6 nitrogen and oxygen atoms in total. The smallest absolute Gasteiger partial charge is 0.313 e. The van der Waals surface area contributed by atoms with Gasteiger partial charge in [-0.3, -0.25) is 9.59 Å². The number of nitrogens with zero attached hydrogens (tertiary/aromatic N) is 1. The molecule has 0 aliphatic carbocycles. The van der Waals surface area contributed by atoms with Gasteiger partial charge in [0.15, 0.2) is 0 Å². The molecule has 0 unspecified atom stereocenters. The molecule has 0 aliphatic rings. The van der Waals surface area contributed by atoms with E-state index >= 15 is 0 Å². The van der Waals surface area contributed by atoms with Crippen molar-refractivity contribution >= 4 is 35.0 Å². The number of hydrogen-bond acceptors (Lipinski definition) is 6. The molecule has 8 heteroatoms. The van der Waals surface area contributed by atoms with E-state index in [1.54, 1.807) is 24.0 Å². The van der Waals surface area contributed by atoms with Crippen molar-refractivity contribution in [2.45, 2.75) is 0 Å². The van der Waals surface area contributed by atoms with E-state index in [0.717, 1.165) is 10.6 Å². The number of aromatic nitrogens is 1. The van der Waals surface area contributed by atoms with Gasteiger partial charge in [0.25, 0.3) is 5.91 Å². The molecular weight excluding hydrogens is 300 g/mol. The first-order chi connectivity index (χ1) is 9.66. The van der Waals surface area contributed by atoms with Gasteiger partial charge in [0, 0.05) is 23.2 Å². The lowest BCUT2D eigenvalue weighted by Crippen LogP contribution is -2.26. The zero-order valence-corrected chi connectivity index (χ0v) is 12.0. The van der Waals surface area contributed by atoms with Gasteiger partial charge in [-0.1, -0.05) is 0 Å². The van der Waals surface area contributed by atoms with Gasteiger partial charge in [0.05, 0.1) is 12.0 Å². The monoisotopic (exact) mass is 312 g/mol. The van der Waals surface area contributed by atoms with Crippen LogP contribution in [0.2, 0.25) is 0 Å². The predicted molar refractivity (Wildman–Crippen MR) is 77.1 cm³/mol. The van der Waals surface area contributed by atoms with Gasteiger partial charge < -0.3 is 14.8 Å². The third-order valence-electron chi connectivity index (χ3n) is 2.26. The zero-order valence-electron chi connectivity index (χ0n) is 10.4. The molecule has 2 heterocycles. The Morgan fingerprint density at radius 2 is 2.35 bits per heavy atom. The molecule has 0 radical (unpaired) electrons. The van der Waals surface area contributed by atoms with Crippen LogP contribution in [0, 0.1) is 0 Å². The molecule has 20 heavy (non-hydrogen) atoms. The number of thiazole rings is 1. The number of amides is 1. The van der Waals surface area contributed by atoms with E-state index in [4.69, 9.17) is 9.52 Å². The van der Waals surface area contributed by atoms with Crippen LogP contribution < -0.4 is 5.32 Å². The number of carbonyl (C=O) groups excluding carboxylic acids is 1. The van der Waals surface area contributed by atoms with Crippen LogP contribution in [-0.2, 0) is 4.79 Å². The Morgan fingerprint density at radius 3 is 3.05 bits per heavy atom. The summed E-state index contributed by atoms with van der Waals surface area (Å²) in [6.45, 7) is 0.412. The van der Waals surface area contributed by atoms with Crippen LogP contribution in [0.4, 0.5) is 0 Å². The Kier molecular flexibility index (Phi) is 5.19. The Hall–Kier alpha value is -1.80. The highest BCUT2D eigenvalue weighted by Crippen LogP contribution is 2.23. The van der Waals surface area contributed by atoms with Crippen molar-refractivity contribution < 1.29 is 19.1 Å². The fourth-order valence-electron chi connectivity index (χ4n) is 1.38. The van der Waals surface area contributed by atoms with Gasteiger partial charge in [-0.15, -0.1) is 23.1 Å². The van der Waals surface area contributed by atoms with Crippen LogP contribution in [0.5, 0.6) is 0 Å². The summed E-state index contributed by atoms with van der Waals surface area (Å²) < 4.78 is 4.97. The molecule has 2 rings (SSSR count). The largest absolute Gasteiger partial charge is 0.481 e. The third-order valence-corrected chi connectivity index (χ3v) is 4.10. The molecule has 0 saturated carbocycles. The molecule has 1 amide bonds. The highest BCUT2D eigenvalue weighted by Gasteiger charge is 2.11. The first-order valence-corrected chi connectivity index (χ1v) is 7.76. The Balaban J connectivity index is 1.80. The van der Waals surface area contributed by atoms with Crippen LogP contribution >= 0.6 is 23.1 Å². The summed E-state index contributed by atoms with van der Waals surface area (Å²) in [5.74, 6) is -0.522. The molecular formula is C12H12N2O4S2. The number of carbonyl (C=O) groups is 2. The first-order valence-electron chi connectivity index (χ1n) is 5.72. The molecule has 0 fully saturated rings. The average Bonchev–Trinajstić information content (AvgIpc) is 3.08. The van der Waals surface area contributed by atoms with Crippen LogP contribution in [0.1, 0.15) is 10.5 Å². The van der Waals surface area contributed by atoms with E-state index in [-0.39, 0.29) is 11.7 Å². The van der Waals surface area contributed by atoms with E-state index in [1.807, 2.05) is 0 Å². The quantitative estimate of drug-likeness (QED) is 0.759. The maximum absolute atomic E-state index is 11.8. The molecule has 0 bridgehead atoms. The van der Waals surface area contributed by atoms with Gasteiger partial charge in [0.2, 0.25) is 0 Å². The second-order valence-corrected chi connectivity index (χ2v) is 5.72. The van der Waals surface area contributed by atoms with Crippen LogP contribution in [0.3, 0.4) is 0 Å². The highest BCUT2D eigenvalue weighted by atomic mass is 32.2. The van der Waals surface area contributed by atoms with Crippen LogP contribution in [0.15, 0.2) is 28.4 Å².